The molecule has 36 heavy (non-hydrogen) atoms. The van der Waals surface area contributed by atoms with Gasteiger partial charge in [-0.05, 0) is 38.5 Å². The number of urea groups is 1. The van der Waals surface area contributed by atoms with Crippen molar-refractivity contribution in [3.05, 3.63) is 48.0 Å². The number of carboxylic acid groups (broad SMARTS) is 1. The standard InChI is InChI=1S/C21H25N7O.C2HF3O2/c1-14-11-26(10-8-22-14)18-5-7-23-20-17(18)6-9-28(20)21(29)25-16-3-4-19-24-15(2)12-27(19)13-16;3-2(4,5)1(6)7/h3-5,7,12-14,22H,6,8-11H2,1-2H3,(H,25,29);(H,6,7)/t14-;/m1./s1. The zero-order valence-corrected chi connectivity index (χ0v) is 19.7. The molecule has 0 aliphatic carbocycles. The Morgan fingerprint density at radius 2 is 1.94 bits per heavy atom. The molecule has 10 nitrogen and oxygen atoms in total. The van der Waals surface area contributed by atoms with Crippen molar-refractivity contribution in [2.24, 2.45) is 0 Å². The van der Waals surface area contributed by atoms with Crippen LogP contribution in [0.4, 0.5) is 35.2 Å². The summed E-state index contributed by atoms with van der Waals surface area (Å²) in [6.07, 6.45) is 1.38. The van der Waals surface area contributed by atoms with Gasteiger partial charge in [0, 0.05) is 62.1 Å². The summed E-state index contributed by atoms with van der Waals surface area (Å²) in [5, 5.41) is 13.6. The van der Waals surface area contributed by atoms with Crippen LogP contribution in [0.25, 0.3) is 5.65 Å². The van der Waals surface area contributed by atoms with E-state index in [-0.39, 0.29) is 6.03 Å². The molecule has 5 rings (SSSR count). The minimum atomic E-state index is -5.08. The van der Waals surface area contributed by atoms with Crippen LogP contribution in [0.15, 0.2) is 36.8 Å². The van der Waals surface area contributed by atoms with E-state index in [1.165, 1.54) is 5.69 Å². The Hall–Kier alpha value is -3.87. The number of carbonyl (C=O) groups excluding carboxylic acids is 1. The van der Waals surface area contributed by atoms with Crippen molar-refractivity contribution in [3.8, 4) is 0 Å². The number of amides is 2. The van der Waals surface area contributed by atoms with Gasteiger partial charge in [0.2, 0.25) is 0 Å². The highest BCUT2D eigenvalue weighted by Crippen LogP contribution is 2.34. The number of aromatic nitrogens is 3. The lowest BCUT2D eigenvalue weighted by Crippen LogP contribution is -2.49. The van der Waals surface area contributed by atoms with Crippen LogP contribution in [0.5, 0.6) is 0 Å². The fourth-order valence-electron chi connectivity index (χ4n) is 4.30. The molecule has 0 unspecified atom stereocenters. The molecule has 2 aliphatic heterocycles. The summed E-state index contributed by atoms with van der Waals surface area (Å²) in [4.78, 5) is 35.0. The maximum Gasteiger partial charge on any atom is 0.490 e. The molecule has 1 saturated heterocycles. The van der Waals surface area contributed by atoms with Gasteiger partial charge in [-0.3, -0.25) is 4.90 Å². The van der Waals surface area contributed by atoms with Gasteiger partial charge in [0.25, 0.3) is 0 Å². The predicted octanol–water partition coefficient (Wildman–Crippen LogP) is 3.06. The van der Waals surface area contributed by atoms with Gasteiger partial charge in [0.05, 0.1) is 11.4 Å². The quantitative estimate of drug-likeness (QED) is 0.490. The molecular weight excluding hydrogens is 479 g/mol. The molecule has 2 aliphatic rings. The number of alkyl halides is 3. The molecule has 0 radical (unpaired) electrons. The van der Waals surface area contributed by atoms with Gasteiger partial charge >= 0.3 is 18.2 Å². The molecule has 0 bridgehead atoms. The molecule has 5 heterocycles. The number of halogens is 3. The highest BCUT2D eigenvalue weighted by molar-refractivity contribution is 6.03. The molecule has 2 amide bonds. The van der Waals surface area contributed by atoms with Gasteiger partial charge < -0.3 is 25.0 Å². The normalized spacial score (nSPS) is 17.4. The SMILES string of the molecule is Cc1cn2cc(NC(=O)N3CCc4c(N5CCN[C@H](C)C5)ccnc43)ccc2n1.O=C(O)C(F)(F)F. The van der Waals surface area contributed by atoms with Crippen molar-refractivity contribution in [1.82, 2.24) is 19.7 Å². The first-order valence-corrected chi connectivity index (χ1v) is 11.3. The van der Waals surface area contributed by atoms with Gasteiger partial charge in [-0.15, -0.1) is 0 Å². The van der Waals surface area contributed by atoms with Crippen molar-refractivity contribution in [2.75, 3.05) is 41.3 Å². The largest absolute Gasteiger partial charge is 0.490 e. The number of fused-ring (bicyclic) bond motifs is 2. The van der Waals surface area contributed by atoms with E-state index in [1.54, 1.807) is 4.90 Å². The number of pyridine rings is 2. The van der Waals surface area contributed by atoms with Crippen LogP contribution in [-0.4, -0.2) is 69.9 Å². The molecular formula is C23H26F3N7O3. The zero-order valence-electron chi connectivity index (χ0n) is 19.7. The van der Waals surface area contributed by atoms with E-state index in [1.807, 2.05) is 42.0 Å². The second-order valence-electron chi connectivity index (χ2n) is 8.63. The Morgan fingerprint density at radius 1 is 1.19 bits per heavy atom. The summed E-state index contributed by atoms with van der Waals surface area (Å²) in [5.41, 5.74) is 4.91. The summed E-state index contributed by atoms with van der Waals surface area (Å²) in [6.45, 7) is 7.70. The number of nitrogens with one attached hydrogen (secondary N) is 2. The number of carbonyl (C=O) groups is 2. The topological polar surface area (TPSA) is 115 Å². The maximum absolute atomic E-state index is 13.0. The highest BCUT2D eigenvalue weighted by atomic mass is 19.4. The average molecular weight is 506 g/mol. The number of rotatable bonds is 2. The summed E-state index contributed by atoms with van der Waals surface area (Å²) in [6, 6.07) is 6.16. The Kier molecular flexibility index (Phi) is 7.02. The van der Waals surface area contributed by atoms with Crippen molar-refractivity contribution in [1.29, 1.82) is 0 Å². The maximum atomic E-state index is 13.0. The van der Waals surface area contributed by atoms with E-state index in [9.17, 15) is 18.0 Å². The molecule has 3 aromatic heterocycles. The van der Waals surface area contributed by atoms with Crippen LogP contribution < -0.4 is 20.4 Å². The number of piperazine rings is 1. The summed E-state index contributed by atoms with van der Waals surface area (Å²) >= 11 is 0. The fourth-order valence-corrected chi connectivity index (χ4v) is 4.30. The van der Waals surface area contributed by atoms with E-state index in [4.69, 9.17) is 9.90 Å². The second kappa shape index (κ2) is 10.0. The number of hydrogen-bond donors (Lipinski definition) is 3. The lowest BCUT2D eigenvalue weighted by molar-refractivity contribution is -0.192. The van der Waals surface area contributed by atoms with Crippen LogP contribution in [0.3, 0.4) is 0 Å². The number of carboxylic acids is 1. The number of hydrogen-bond acceptors (Lipinski definition) is 6. The first-order valence-electron chi connectivity index (χ1n) is 11.3. The van der Waals surface area contributed by atoms with E-state index in [0.717, 1.165) is 54.5 Å². The van der Waals surface area contributed by atoms with Gasteiger partial charge in [-0.25, -0.2) is 19.6 Å². The molecule has 0 aromatic carbocycles. The number of anilines is 3. The number of aliphatic carboxylic acids is 1. The van der Waals surface area contributed by atoms with Crippen molar-refractivity contribution >= 4 is 34.8 Å². The molecule has 192 valence electrons. The molecule has 0 saturated carbocycles. The third-order valence-electron chi connectivity index (χ3n) is 5.87. The first-order chi connectivity index (χ1) is 17.0. The van der Waals surface area contributed by atoms with Crippen LogP contribution in [0.2, 0.25) is 0 Å². The second-order valence-corrected chi connectivity index (χ2v) is 8.63. The number of aryl methyl sites for hydroxylation is 1. The summed E-state index contributed by atoms with van der Waals surface area (Å²) < 4.78 is 33.7. The summed E-state index contributed by atoms with van der Waals surface area (Å²) in [5.74, 6) is -1.99. The Labute approximate surface area is 204 Å². The molecule has 0 spiro atoms. The lowest BCUT2D eigenvalue weighted by Gasteiger charge is -2.34. The predicted molar refractivity (Wildman–Crippen MR) is 128 cm³/mol. The average Bonchev–Trinajstić information content (AvgIpc) is 3.41. The van der Waals surface area contributed by atoms with E-state index in [0.29, 0.717) is 12.6 Å². The van der Waals surface area contributed by atoms with Crippen LogP contribution in [0.1, 0.15) is 18.2 Å². The monoisotopic (exact) mass is 505 g/mol. The fraction of sp³-hybridized carbons (Fsp3) is 0.391. The smallest absolute Gasteiger partial charge is 0.475 e. The first kappa shape index (κ1) is 25.2. The molecule has 13 heteroatoms. The molecule has 1 atom stereocenters. The van der Waals surface area contributed by atoms with E-state index < -0.39 is 12.1 Å². The lowest BCUT2D eigenvalue weighted by atomic mass is 10.1. The highest BCUT2D eigenvalue weighted by Gasteiger charge is 2.38. The Morgan fingerprint density at radius 3 is 2.64 bits per heavy atom. The van der Waals surface area contributed by atoms with Crippen molar-refractivity contribution in [3.63, 3.8) is 0 Å². The molecule has 1 fully saturated rings. The molecule has 3 N–H and O–H groups in total. The number of nitrogens with zero attached hydrogens (tertiary/aromatic N) is 5. The minimum absolute atomic E-state index is 0.154. The summed E-state index contributed by atoms with van der Waals surface area (Å²) in [7, 11) is 0. The zero-order chi connectivity index (χ0) is 26.0. The van der Waals surface area contributed by atoms with Crippen molar-refractivity contribution in [2.45, 2.75) is 32.5 Å². The van der Waals surface area contributed by atoms with Gasteiger partial charge in [0.1, 0.15) is 11.5 Å². The van der Waals surface area contributed by atoms with Gasteiger partial charge in [-0.1, -0.05) is 0 Å². The van der Waals surface area contributed by atoms with E-state index >= 15 is 0 Å². The molecule has 3 aromatic rings. The van der Waals surface area contributed by atoms with E-state index in [2.05, 4.69) is 38.5 Å². The van der Waals surface area contributed by atoms with Gasteiger partial charge in [-0.2, -0.15) is 13.2 Å². The third kappa shape index (κ3) is 5.51. The van der Waals surface area contributed by atoms with Crippen LogP contribution in [-0.2, 0) is 11.2 Å². The van der Waals surface area contributed by atoms with Gasteiger partial charge in [0.15, 0.2) is 0 Å². The van der Waals surface area contributed by atoms with Crippen LogP contribution >= 0.6 is 0 Å². The third-order valence-corrected chi connectivity index (χ3v) is 5.87. The van der Waals surface area contributed by atoms with Crippen LogP contribution in [0, 0.1) is 6.92 Å². The minimum Gasteiger partial charge on any atom is -0.475 e. The van der Waals surface area contributed by atoms with Crippen molar-refractivity contribution < 1.29 is 27.9 Å². The Bertz CT molecular complexity index is 1280. The number of imidazole rings is 1. The Balaban J connectivity index is 0.000000384.